The normalized spacial score (nSPS) is 14.1. The van der Waals surface area contributed by atoms with Gasteiger partial charge in [-0.15, -0.1) is 0 Å². The van der Waals surface area contributed by atoms with Gasteiger partial charge in [-0.05, 0) is 30.5 Å². The number of likely N-dealkylation sites (N-methyl/N-ethyl adjacent to an activating group) is 2. The Kier molecular flexibility index (Phi) is 18.3. The average Bonchev–Trinajstić information content (AvgIpc) is 3.28. The maximum Gasteiger partial charge on any atom is 0.348 e. The highest BCUT2D eigenvalue weighted by Gasteiger charge is 2.31. The minimum absolute atomic E-state index is 0.167. The fourth-order valence-electron chi connectivity index (χ4n) is 5.27. The molecular weight excluding hydrogens is 498 g/mol. The van der Waals surface area contributed by atoms with Crippen molar-refractivity contribution in [2.75, 3.05) is 40.4 Å². The van der Waals surface area contributed by atoms with Gasteiger partial charge in [0.15, 0.2) is 6.04 Å². The topological polar surface area (TPSA) is 53.8 Å². The molecule has 0 radical (unpaired) electrons. The molecule has 40 heavy (non-hydrogen) atoms. The van der Waals surface area contributed by atoms with Gasteiger partial charge in [0.1, 0.15) is 5.75 Å². The molecule has 0 aromatic heterocycles. The highest BCUT2D eigenvalue weighted by Crippen LogP contribution is 2.16. The van der Waals surface area contributed by atoms with Crippen LogP contribution < -0.4 is 10.1 Å². The number of rotatable bonds is 23. The SMILES string of the molecule is CCCCCCCCCCOC(=O)[C@H](Cc1ccc(OCCCCCCCCCC)cc1)NC1=[N+](C)CCN1C. The van der Waals surface area contributed by atoms with Gasteiger partial charge >= 0.3 is 11.9 Å². The largest absolute Gasteiger partial charge is 0.494 e. The summed E-state index contributed by atoms with van der Waals surface area (Å²) in [5, 5.41) is 3.49. The standard InChI is InChI=1S/C34H59N3O3/c1-5-7-9-11-13-15-17-19-27-39-31-23-21-30(22-24-31)29-32(35-34-36(3)25-26-37(34)4)33(38)40-28-20-18-16-14-12-10-8-6-2/h21-24,32H,5-20,25-29H2,1-4H3/p+1/t32-/m0/s1. The first-order valence-electron chi connectivity index (χ1n) is 16.5. The van der Waals surface area contributed by atoms with E-state index in [1.165, 1.54) is 83.5 Å². The van der Waals surface area contributed by atoms with Crippen LogP contribution in [0.4, 0.5) is 0 Å². The van der Waals surface area contributed by atoms with E-state index in [1.54, 1.807) is 0 Å². The first-order valence-corrected chi connectivity index (χ1v) is 16.5. The summed E-state index contributed by atoms with van der Waals surface area (Å²) in [7, 11) is 4.13. The highest BCUT2D eigenvalue weighted by molar-refractivity contribution is 5.84. The van der Waals surface area contributed by atoms with Gasteiger partial charge in [0.2, 0.25) is 0 Å². The van der Waals surface area contributed by atoms with Gasteiger partial charge in [-0.3, -0.25) is 14.8 Å². The fraction of sp³-hybridized carbons (Fsp3) is 0.765. The summed E-state index contributed by atoms with van der Waals surface area (Å²) >= 11 is 0. The zero-order valence-corrected chi connectivity index (χ0v) is 26.4. The molecular formula is C34H60N3O3+. The molecule has 6 nitrogen and oxygen atoms in total. The van der Waals surface area contributed by atoms with Crippen LogP contribution in [0.2, 0.25) is 0 Å². The van der Waals surface area contributed by atoms with Crippen LogP contribution in [0, 0.1) is 0 Å². The molecule has 6 heteroatoms. The minimum atomic E-state index is -0.420. The molecule has 0 fully saturated rings. The van der Waals surface area contributed by atoms with E-state index >= 15 is 0 Å². The van der Waals surface area contributed by atoms with Crippen molar-refractivity contribution in [1.29, 1.82) is 0 Å². The Morgan fingerprint density at radius 2 is 1.35 bits per heavy atom. The Morgan fingerprint density at radius 1 is 0.825 bits per heavy atom. The monoisotopic (exact) mass is 558 g/mol. The van der Waals surface area contributed by atoms with E-state index < -0.39 is 6.04 Å². The molecule has 0 aliphatic carbocycles. The summed E-state index contributed by atoms with van der Waals surface area (Å²) < 4.78 is 13.9. The summed E-state index contributed by atoms with van der Waals surface area (Å²) in [6.07, 6.45) is 20.8. The molecule has 1 atom stereocenters. The first kappa shape index (κ1) is 34.0. The summed E-state index contributed by atoms with van der Waals surface area (Å²) in [6, 6.07) is 7.80. The third-order valence-electron chi connectivity index (χ3n) is 7.95. The maximum absolute atomic E-state index is 13.2. The number of carbonyl (C=O) groups is 1. The van der Waals surface area contributed by atoms with Crippen molar-refractivity contribution >= 4 is 11.9 Å². The van der Waals surface area contributed by atoms with Gasteiger partial charge in [-0.2, -0.15) is 0 Å². The Labute approximate surface area is 245 Å². The summed E-state index contributed by atoms with van der Waals surface area (Å²) in [5.41, 5.74) is 1.10. The smallest absolute Gasteiger partial charge is 0.348 e. The van der Waals surface area contributed by atoms with Crippen LogP contribution in [0.5, 0.6) is 5.75 Å². The average molecular weight is 559 g/mol. The Balaban J connectivity index is 1.77. The minimum Gasteiger partial charge on any atom is -0.494 e. The number of hydrogen-bond acceptors (Lipinski definition) is 5. The van der Waals surface area contributed by atoms with E-state index in [1.807, 2.05) is 12.1 Å². The number of benzene rings is 1. The van der Waals surface area contributed by atoms with Gasteiger partial charge < -0.3 is 9.47 Å². The number of carbonyl (C=O) groups excluding carboxylic acids is 1. The quantitative estimate of drug-likeness (QED) is 0.0865. The third-order valence-corrected chi connectivity index (χ3v) is 7.95. The molecule has 0 bridgehead atoms. The zero-order valence-electron chi connectivity index (χ0n) is 26.4. The van der Waals surface area contributed by atoms with Gasteiger partial charge in [0, 0.05) is 6.42 Å². The van der Waals surface area contributed by atoms with Crippen LogP contribution in [0.3, 0.4) is 0 Å². The van der Waals surface area contributed by atoms with E-state index in [2.05, 4.69) is 54.9 Å². The molecule has 1 aliphatic rings. The molecule has 1 aliphatic heterocycles. The van der Waals surface area contributed by atoms with E-state index in [-0.39, 0.29) is 5.97 Å². The molecule has 1 aromatic rings. The molecule has 0 saturated heterocycles. The van der Waals surface area contributed by atoms with Crippen molar-refractivity contribution in [3.05, 3.63) is 29.8 Å². The molecule has 0 amide bonds. The lowest BCUT2D eigenvalue weighted by molar-refractivity contribution is -0.488. The van der Waals surface area contributed by atoms with Gasteiger partial charge in [-0.25, -0.2) is 4.79 Å². The van der Waals surface area contributed by atoms with Crippen LogP contribution in [0.25, 0.3) is 0 Å². The Morgan fingerprint density at radius 3 is 1.88 bits per heavy atom. The number of hydrogen-bond donors (Lipinski definition) is 1. The first-order chi connectivity index (χ1) is 19.5. The summed E-state index contributed by atoms with van der Waals surface area (Å²) in [6.45, 7) is 7.67. The summed E-state index contributed by atoms with van der Waals surface area (Å²) in [4.78, 5) is 15.3. The zero-order chi connectivity index (χ0) is 28.8. The molecule has 228 valence electrons. The number of ether oxygens (including phenoxy) is 2. The molecule has 0 saturated carbocycles. The van der Waals surface area contributed by atoms with E-state index in [9.17, 15) is 4.79 Å². The Bertz CT molecular complexity index is 824. The van der Waals surface area contributed by atoms with Crippen molar-refractivity contribution in [2.24, 2.45) is 0 Å². The molecule has 1 heterocycles. The number of esters is 1. The fourth-order valence-corrected chi connectivity index (χ4v) is 5.27. The van der Waals surface area contributed by atoms with Gasteiger partial charge in [0.05, 0.1) is 40.4 Å². The van der Waals surface area contributed by atoms with Crippen molar-refractivity contribution in [3.63, 3.8) is 0 Å². The lowest BCUT2D eigenvalue weighted by Crippen LogP contribution is -2.49. The van der Waals surface area contributed by atoms with Crippen LogP contribution >= 0.6 is 0 Å². The second-order valence-electron chi connectivity index (χ2n) is 11.7. The predicted molar refractivity (Wildman–Crippen MR) is 167 cm³/mol. The lowest BCUT2D eigenvalue weighted by Gasteiger charge is -2.18. The molecule has 2 rings (SSSR count). The van der Waals surface area contributed by atoms with Gasteiger partial charge in [0.25, 0.3) is 0 Å². The number of guanidine groups is 1. The lowest BCUT2D eigenvalue weighted by atomic mass is 10.1. The number of nitrogens with zero attached hydrogens (tertiary/aromatic N) is 2. The second kappa shape index (κ2) is 21.5. The second-order valence-corrected chi connectivity index (χ2v) is 11.7. The van der Waals surface area contributed by atoms with Crippen molar-refractivity contribution in [3.8, 4) is 5.75 Å². The van der Waals surface area contributed by atoms with E-state index in [0.29, 0.717) is 13.0 Å². The maximum atomic E-state index is 13.2. The van der Waals surface area contributed by atoms with Crippen LogP contribution in [0.15, 0.2) is 24.3 Å². The molecule has 0 spiro atoms. The molecule has 1 N–H and O–H groups in total. The predicted octanol–water partition coefficient (Wildman–Crippen LogP) is 7.33. The van der Waals surface area contributed by atoms with Crippen molar-refractivity contribution in [1.82, 2.24) is 10.2 Å². The highest BCUT2D eigenvalue weighted by atomic mass is 16.5. The van der Waals surface area contributed by atoms with Gasteiger partial charge in [-0.1, -0.05) is 116 Å². The number of nitrogens with one attached hydrogen (secondary N) is 1. The van der Waals surface area contributed by atoms with E-state index in [0.717, 1.165) is 56.2 Å². The van der Waals surface area contributed by atoms with Crippen LogP contribution in [-0.4, -0.2) is 67.8 Å². The van der Waals surface area contributed by atoms with Crippen molar-refractivity contribution < 1.29 is 18.8 Å². The van der Waals surface area contributed by atoms with Crippen molar-refractivity contribution in [2.45, 2.75) is 129 Å². The van der Waals surface area contributed by atoms with E-state index in [4.69, 9.17) is 9.47 Å². The van der Waals surface area contributed by atoms with Crippen LogP contribution in [-0.2, 0) is 16.0 Å². The third kappa shape index (κ3) is 14.4. The van der Waals surface area contributed by atoms with Crippen LogP contribution in [0.1, 0.15) is 122 Å². The Hall–Kier alpha value is -2.24. The molecule has 1 aromatic carbocycles. The summed E-state index contributed by atoms with van der Waals surface area (Å²) in [5.74, 6) is 1.72. The number of unbranched alkanes of at least 4 members (excludes halogenated alkanes) is 14. The molecule has 0 unspecified atom stereocenters.